The number of likely N-dealkylation sites (N-methyl/N-ethyl adjacent to an activating group) is 1. The van der Waals surface area contributed by atoms with Crippen LogP contribution in [0.5, 0.6) is 5.75 Å². The number of imide groups is 1. The highest BCUT2D eigenvalue weighted by Crippen LogP contribution is 2.47. The minimum Gasteiger partial charge on any atom is -0.512 e. The number of carbonyl (C=O) groups excluding carboxylic acids is 11. The summed E-state index contributed by atoms with van der Waals surface area (Å²) in [6.45, 7) is 4.78. The van der Waals surface area contributed by atoms with Gasteiger partial charge < -0.3 is 82.4 Å². The first-order valence-corrected chi connectivity index (χ1v) is 30.4. The highest BCUT2D eigenvalue weighted by atomic mass is 35.5. The van der Waals surface area contributed by atoms with Crippen LogP contribution >= 0.6 is 11.6 Å². The number of carbonyl (C=O) groups is 11. The third-order valence-corrected chi connectivity index (χ3v) is 15.9. The van der Waals surface area contributed by atoms with Crippen molar-refractivity contribution in [2.45, 2.75) is 77.5 Å². The van der Waals surface area contributed by atoms with E-state index in [4.69, 9.17) is 37.3 Å². The fourth-order valence-corrected chi connectivity index (χ4v) is 10.8. The van der Waals surface area contributed by atoms with E-state index in [1.807, 2.05) is 19.1 Å². The Hall–Kier alpha value is -10.7. The number of nitrogens with zero attached hydrogens (tertiary/aromatic N) is 5. The Labute approximate surface area is 538 Å². The van der Waals surface area contributed by atoms with Crippen LogP contribution in [-0.2, 0) is 40.1 Å². The molecule has 12 N–H and O–H groups in total. The number of hydrogen-bond acceptors (Lipinski definition) is 16. The molecule has 0 saturated heterocycles. The van der Waals surface area contributed by atoms with Gasteiger partial charge in [0, 0.05) is 105 Å². The van der Waals surface area contributed by atoms with Crippen LogP contribution in [-0.4, -0.2) is 173 Å². The van der Waals surface area contributed by atoms with Gasteiger partial charge in [-0.3, -0.25) is 33.7 Å². The van der Waals surface area contributed by atoms with Gasteiger partial charge in [0.25, 0.3) is 23.6 Å². The summed E-state index contributed by atoms with van der Waals surface area (Å²) in [6.07, 6.45) is 5.35. The van der Waals surface area contributed by atoms with Gasteiger partial charge in [0.1, 0.15) is 42.4 Å². The molecule has 93 heavy (non-hydrogen) atoms. The number of aliphatic hydroxyl groups excluding tert-OH is 1. The van der Waals surface area contributed by atoms with Crippen LogP contribution in [0.15, 0.2) is 102 Å². The van der Waals surface area contributed by atoms with E-state index in [0.29, 0.717) is 57.5 Å². The predicted octanol–water partition coefficient (Wildman–Crippen LogP) is 5.78. The largest absolute Gasteiger partial charge is 0.512 e. The first-order chi connectivity index (χ1) is 44.5. The number of H-pyrrole nitrogens is 1. The molecule has 0 saturated carbocycles. The van der Waals surface area contributed by atoms with Crippen LogP contribution in [0.25, 0.3) is 21.8 Å². The number of fused-ring (bicyclic) bond motifs is 4. The van der Waals surface area contributed by atoms with Crippen LogP contribution in [0.4, 0.5) is 41.0 Å². The number of benzene rings is 3. The number of halogens is 1. The molecule has 4 heterocycles. The molecule has 2 aromatic heterocycles. The lowest BCUT2D eigenvalue weighted by Gasteiger charge is -2.26. The van der Waals surface area contributed by atoms with E-state index in [1.54, 1.807) is 73.4 Å². The minimum atomic E-state index is -1.19. The Bertz CT molecular complexity index is 3790. The summed E-state index contributed by atoms with van der Waals surface area (Å²) in [5.74, 6) is -3.57. The molecule has 5 aromatic rings. The number of primary amides is 2. The summed E-state index contributed by atoms with van der Waals surface area (Å²) in [7, 11) is 1.48. The van der Waals surface area contributed by atoms with E-state index >= 15 is 0 Å². The normalized spacial score (nSPS) is 14.8. The number of aromatic nitrogens is 2. The standard InChI is InChI=1S/C63H73ClN14O15/c1-35(2)53(74-61(88)91-27-26-77-49(80)19-20-50(77)81)57(84)73-45(10-6-21-67-59(65)86)56(83)70-41-15-11-37(12-16-41)34-92-62(89)75(4)24-25-76(23-7-22-68-60(66)87)63(90)93-48-30-47-52(51-36(3)8-5-9-44(48)51)40(31-64)33-78(47)58(85)46-29-39-28-42(32-69-54(39)72-46)71-55(82)38-13-17-43(79)18-14-38/h5,8-9,11-13,15-17,19-20,28-30,32,35,40,45,53,79H,6-7,10,14,18,21-27,31,33-34H2,1-4H3,(H,69,72)(H,70,83)(H,71,82)(H,73,84)(H,74,88)(H3,65,67,86)(H3,66,68,87)/t40-,45+,53+/m1/s1. The maximum Gasteiger partial charge on any atom is 0.415 e. The van der Waals surface area contributed by atoms with Gasteiger partial charge in [-0.05, 0) is 90.9 Å². The second kappa shape index (κ2) is 31.3. The summed E-state index contributed by atoms with van der Waals surface area (Å²) in [5.41, 5.74) is 14.9. The zero-order chi connectivity index (χ0) is 67.0. The number of aryl methyl sites for hydroxylation is 1. The second-order valence-electron chi connectivity index (χ2n) is 22.5. The van der Waals surface area contributed by atoms with Crippen LogP contribution < -0.4 is 53.0 Å². The number of alkyl carbamates (subject to hydrolysis) is 1. The summed E-state index contributed by atoms with van der Waals surface area (Å²) in [5, 5.41) is 27.3. The number of ether oxygens (including phenoxy) is 3. The molecular formula is C63H73ClN14O15. The van der Waals surface area contributed by atoms with Gasteiger partial charge in [-0.25, -0.2) is 29.0 Å². The zero-order valence-electron chi connectivity index (χ0n) is 51.5. The van der Waals surface area contributed by atoms with Crippen molar-refractivity contribution in [1.82, 2.24) is 45.9 Å². The molecule has 0 unspecified atom stereocenters. The average molecular weight is 1300 g/mol. The summed E-state index contributed by atoms with van der Waals surface area (Å²) >= 11 is 6.65. The summed E-state index contributed by atoms with van der Waals surface area (Å²) in [6, 6.07) is 12.9. The lowest BCUT2D eigenvalue weighted by atomic mass is 9.92. The number of nitrogens with one attached hydrogen (secondary N) is 7. The Morgan fingerprint density at radius 1 is 0.828 bits per heavy atom. The van der Waals surface area contributed by atoms with Crippen molar-refractivity contribution < 1.29 is 72.1 Å². The van der Waals surface area contributed by atoms with E-state index in [2.05, 4.69) is 41.9 Å². The zero-order valence-corrected chi connectivity index (χ0v) is 52.3. The molecule has 30 heteroatoms. The molecule has 492 valence electrons. The third-order valence-electron chi connectivity index (χ3n) is 15.5. The molecule has 0 spiro atoms. The third kappa shape index (κ3) is 17.8. The minimum absolute atomic E-state index is 0.0308. The summed E-state index contributed by atoms with van der Waals surface area (Å²) < 4.78 is 17.0. The van der Waals surface area contributed by atoms with Crippen molar-refractivity contribution >= 4 is 116 Å². The quantitative estimate of drug-likeness (QED) is 0.0169. The van der Waals surface area contributed by atoms with Gasteiger partial charge in [0.15, 0.2) is 0 Å². The van der Waals surface area contributed by atoms with Crippen molar-refractivity contribution in [3.8, 4) is 5.75 Å². The van der Waals surface area contributed by atoms with Gasteiger partial charge in [-0.15, -0.1) is 11.6 Å². The molecule has 0 fully saturated rings. The van der Waals surface area contributed by atoms with E-state index in [9.17, 15) is 57.8 Å². The van der Waals surface area contributed by atoms with Crippen molar-refractivity contribution in [2.75, 3.05) is 80.9 Å². The fraction of sp³-hybridized carbons (Fsp3) is 0.365. The number of amides is 13. The monoisotopic (exact) mass is 1300 g/mol. The fourth-order valence-electron chi connectivity index (χ4n) is 10.6. The van der Waals surface area contributed by atoms with Crippen LogP contribution in [0.2, 0.25) is 0 Å². The number of allylic oxidation sites excluding steroid dienone is 3. The Balaban J connectivity index is 0.894. The lowest BCUT2D eigenvalue weighted by Crippen LogP contribution is -2.54. The summed E-state index contributed by atoms with van der Waals surface area (Å²) in [4.78, 5) is 155. The Morgan fingerprint density at radius 3 is 2.23 bits per heavy atom. The van der Waals surface area contributed by atoms with E-state index in [0.717, 1.165) is 33.6 Å². The lowest BCUT2D eigenvalue weighted by molar-refractivity contribution is -0.137. The maximum absolute atomic E-state index is 14.6. The van der Waals surface area contributed by atoms with Crippen molar-refractivity contribution in [3.63, 3.8) is 0 Å². The molecule has 0 radical (unpaired) electrons. The Morgan fingerprint density at radius 2 is 1.55 bits per heavy atom. The van der Waals surface area contributed by atoms with E-state index in [-0.39, 0.29) is 113 Å². The van der Waals surface area contributed by atoms with Crippen molar-refractivity contribution in [1.29, 1.82) is 0 Å². The molecule has 13 amide bonds. The van der Waals surface area contributed by atoms with Gasteiger partial charge in [-0.2, -0.15) is 0 Å². The number of anilines is 3. The molecule has 1 aliphatic carbocycles. The molecule has 0 bridgehead atoms. The molecule has 3 aromatic carbocycles. The number of nitrogens with two attached hydrogens (primary N) is 2. The van der Waals surface area contributed by atoms with E-state index < -0.39 is 77.9 Å². The number of rotatable bonds is 27. The van der Waals surface area contributed by atoms with Crippen molar-refractivity contribution in [2.24, 2.45) is 17.4 Å². The number of aliphatic hydroxyl groups is 1. The van der Waals surface area contributed by atoms with Gasteiger partial charge in [0.05, 0.1) is 29.9 Å². The first kappa shape index (κ1) is 68.2. The Kier molecular flexibility index (Phi) is 23.0. The topological polar surface area (TPSA) is 402 Å². The van der Waals surface area contributed by atoms with E-state index in [1.165, 1.54) is 29.1 Å². The molecular weight excluding hydrogens is 1230 g/mol. The highest BCUT2D eigenvalue weighted by molar-refractivity contribution is 6.20. The van der Waals surface area contributed by atoms with Gasteiger partial charge in [-0.1, -0.05) is 50.3 Å². The maximum atomic E-state index is 14.6. The smallest absolute Gasteiger partial charge is 0.415 e. The van der Waals surface area contributed by atoms with Crippen LogP contribution in [0, 0.1) is 12.8 Å². The highest BCUT2D eigenvalue weighted by Gasteiger charge is 2.37. The number of urea groups is 2. The van der Waals surface area contributed by atoms with Gasteiger partial charge in [0.2, 0.25) is 11.8 Å². The molecule has 3 aliphatic rings. The number of hydrogen-bond donors (Lipinski definition) is 10. The first-order valence-electron chi connectivity index (χ1n) is 29.9. The SMILES string of the molecule is Cc1cccc2c(OC(=O)N(CCCNC(N)=O)CCN(C)C(=O)OCc3ccc(NC(=O)[C@H](CCCNC(N)=O)NC(=O)[C@@H](NC(=O)OCCN4C(=O)C=CC4=O)C(C)C)cc3)cc3c(c12)[C@H](CCl)CN3C(=O)c1cc2cc(NC(=O)C3=CC=C(O)CC3)cnc2[nH]1. The molecule has 29 nitrogen and oxygen atoms in total. The number of aromatic amines is 1. The predicted molar refractivity (Wildman–Crippen MR) is 342 cm³/mol. The molecule has 3 atom stereocenters. The molecule has 8 rings (SSSR count). The van der Waals surface area contributed by atoms with Crippen LogP contribution in [0.3, 0.4) is 0 Å². The molecule has 2 aliphatic heterocycles. The van der Waals surface area contributed by atoms with Crippen molar-refractivity contribution in [3.05, 3.63) is 125 Å². The second-order valence-corrected chi connectivity index (χ2v) is 22.8. The average Bonchev–Trinajstić information content (AvgIpc) is 1.63. The van der Waals surface area contributed by atoms with Crippen LogP contribution in [0.1, 0.15) is 79.0 Å². The number of pyridine rings is 1. The number of alkyl halides is 1. The van der Waals surface area contributed by atoms with Gasteiger partial charge >= 0.3 is 30.3 Å².